The SMILES string of the molecule is Cc1ccc(S(=O)(=O)N2CC3(CCNCC3)CC2C(=O)NO)cc1. The van der Waals surface area contributed by atoms with Gasteiger partial charge in [0.25, 0.3) is 5.91 Å². The molecule has 8 heteroatoms. The van der Waals surface area contributed by atoms with Crippen LogP contribution in [0.3, 0.4) is 0 Å². The topological polar surface area (TPSA) is 98.7 Å². The molecule has 2 saturated heterocycles. The molecule has 2 fully saturated rings. The summed E-state index contributed by atoms with van der Waals surface area (Å²) in [6.07, 6.45) is 2.08. The maximum absolute atomic E-state index is 13.1. The van der Waals surface area contributed by atoms with Crippen molar-refractivity contribution >= 4 is 15.9 Å². The van der Waals surface area contributed by atoms with E-state index < -0.39 is 22.0 Å². The van der Waals surface area contributed by atoms with E-state index in [4.69, 9.17) is 5.21 Å². The molecule has 1 aromatic rings. The van der Waals surface area contributed by atoms with Crippen LogP contribution >= 0.6 is 0 Å². The third-order valence-corrected chi connectivity index (χ3v) is 7.04. The molecular formula is C16H23N3O4S. The van der Waals surface area contributed by atoms with Crippen LogP contribution in [0.5, 0.6) is 0 Å². The Morgan fingerprint density at radius 2 is 1.92 bits per heavy atom. The van der Waals surface area contributed by atoms with E-state index in [1.54, 1.807) is 29.7 Å². The number of hydrogen-bond donors (Lipinski definition) is 3. The minimum Gasteiger partial charge on any atom is -0.317 e. The summed E-state index contributed by atoms with van der Waals surface area (Å²) in [6.45, 7) is 3.82. The molecule has 1 unspecified atom stereocenters. The first-order valence-corrected chi connectivity index (χ1v) is 9.55. The monoisotopic (exact) mass is 353 g/mol. The van der Waals surface area contributed by atoms with Gasteiger partial charge in [-0.05, 0) is 56.8 Å². The highest BCUT2D eigenvalue weighted by atomic mass is 32.2. The van der Waals surface area contributed by atoms with Crippen molar-refractivity contribution < 1.29 is 18.4 Å². The van der Waals surface area contributed by atoms with E-state index in [-0.39, 0.29) is 10.3 Å². The van der Waals surface area contributed by atoms with Crippen molar-refractivity contribution in [3.63, 3.8) is 0 Å². The highest BCUT2D eigenvalue weighted by molar-refractivity contribution is 7.89. The van der Waals surface area contributed by atoms with Crippen LogP contribution in [0.25, 0.3) is 0 Å². The minimum absolute atomic E-state index is 0.176. The van der Waals surface area contributed by atoms with Gasteiger partial charge in [0.1, 0.15) is 6.04 Å². The normalized spacial score (nSPS) is 24.2. The number of rotatable bonds is 3. The van der Waals surface area contributed by atoms with Gasteiger partial charge in [-0.25, -0.2) is 13.9 Å². The van der Waals surface area contributed by atoms with Crippen molar-refractivity contribution in [3.05, 3.63) is 29.8 Å². The molecule has 3 N–H and O–H groups in total. The number of nitrogens with one attached hydrogen (secondary N) is 2. The van der Waals surface area contributed by atoms with Gasteiger partial charge in [-0.3, -0.25) is 10.0 Å². The first-order chi connectivity index (χ1) is 11.4. The van der Waals surface area contributed by atoms with Crippen molar-refractivity contribution in [2.75, 3.05) is 19.6 Å². The van der Waals surface area contributed by atoms with Gasteiger partial charge in [0.05, 0.1) is 4.90 Å². The third kappa shape index (κ3) is 3.06. The molecule has 1 atom stereocenters. The van der Waals surface area contributed by atoms with Crippen molar-refractivity contribution in [1.29, 1.82) is 0 Å². The van der Waals surface area contributed by atoms with Gasteiger partial charge >= 0.3 is 0 Å². The zero-order valence-corrected chi connectivity index (χ0v) is 14.5. The van der Waals surface area contributed by atoms with E-state index in [1.165, 1.54) is 4.31 Å². The van der Waals surface area contributed by atoms with Crippen molar-refractivity contribution in [2.24, 2.45) is 5.41 Å². The Kier molecular flexibility index (Phi) is 4.65. The number of hydrogen-bond acceptors (Lipinski definition) is 5. The molecule has 7 nitrogen and oxygen atoms in total. The summed E-state index contributed by atoms with van der Waals surface area (Å²) in [6, 6.07) is 5.73. The lowest BCUT2D eigenvalue weighted by atomic mass is 9.77. The molecule has 0 radical (unpaired) electrons. The molecular weight excluding hydrogens is 330 g/mol. The number of carbonyl (C=O) groups excluding carboxylic acids is 1. The average Bonchev–Trinajstić information content (AvgIpc) is 2.95. The zero-order valence-electron chi connectivity index (χ0n) is 13.7. The predicted octanol–water partition coefficient (Wildman–Crippen LogP) is 0.633. The van der Waals surface area contributed by atoms with Crippen molar-refractivity contribution in [2.45, 2.75) is 37.1 Å². The van der Waals surface area contributed by atoms with Crippen molar-refractivity contribution in [1.82, 2.24) is 15.1 Å². The van der Waals surface area contributed by atoms with Crippen LogP contribution in [0, 0.1) is 12.3 Å². The fraction of sp³-hybridized carbons (Fsp3) is 0.562. The van der Waals surface area contributed by atoms with E-state index in [2.05, 4.69) is 5.32 Å². The second-order valence-corrected chi connectivity index (χ2v) is 8.70. The maximum atomic E-state index is 13.1. The van der Waals surface area contributed by atoms with E-state index in [0.29, 0.717) is 13.0 Å². The first kappa shape index (κ1) is 17.3. The Morgan fingerprint density at radius 3 is 2.50 bits per heavy atom. The summed E-state index contributed by atoms with van der Waals surface area (Å²) in [5.74, 6) is -0.666. The molecule has 0 aromatic heterocycles. The summed E-state index contributed by atoms with van der Waals surface area (Å²) in [5, 5.41) is 12.3. The Morgan fingerprint density at radius 1 is 1.29 bits per heavy atom. The van der Waals surface area contributed by atoms with Crippen LogP contribution in [0.1, 0.15) is 24.8 Å². The first-order valence-electron chi connectivity index (χ1n) is 8.11. The zero-order chi connectivity index (χ0) is 17.4. The molecule has 2 aliphatic heterocycles. The molecule has 0 aliphatic carbocycles. The van der Waals surface area contributed by atoms with Crippen LogP contribution < -0.4 is 10.8 Å². The Labute approximate surface area is 142 Å². The molecule has 1 spiro atoms. The van der Waals surface area contributed by atoms with Gasteiger partial charge in [-0.1, -0.05) is 17.7 Å². The lowest BCUT2D eigenvalue weighted by Gasteiger charge is -2.33. The smallest absolute Gasteiger partial charge is 0.261 e. The van der Waals surface area contributed by atoms with Crippen LogP contribution in [0.4, 0.5) is 0 Å². The van der Waals surface area contributed by atoms with E-state index in [1.807, 2.05) is 6.92 Å². The van der Waals surface area contributed by atoms with E-state index in [0.717, 1.165) is 31.5 Å². The predicted molar refractivity (Wildman–Crippen MR) is 87.9 cm³/mol. The van der Waals surface area contributed by atoms with Gasteiger partial charge in [0.2, 0.25) is 10.0 Å². The number of piperidine rings is 1. The molecule has 1 amide bonds. The molecule has 0 saturated carbocycles. The highest BCUT2D eigenvalue weighted by Gasteiger charge is 2.51. The largest absolute Gasteiger partial charge is 0.317 e. The minimum atomic E-state index is -3.79. The Hall–Kier alpha value is -1.48. The van der Waals surface area contributed by atoms with Crippen LogP contribution in [-0.4, -0.2) is 49.5 Å². The lowest BCUT2D eigenvalue weighted by molar-refractivity contribution is -0.132. The number of amides is 1. The van der Waals surface area contributed by atoms with E-state index >= 15 is 0 Å². The van der Waals surface area contributed by atoms with Crippen LogP contribution in [0.2, 0.25) is 0 Å². The second kappa shape index (κ2) is 6.44. The fourth-order valence-electron chi connectivity index (χ4n) is 3.73. The Bertz CT molecular complexity index is 711. The van der Waals surface area contributed by atoms with Crippen LogP contribution in [0.15, 0.2) is 29.2 Å². The van der Waals surface area contributed by atoms with Gasteiger partial charge in [-0.2, -0.15) is 4.31 Å². The maximum Gasteiger partial charge on any atom is 0.261 e. The fourth-order valence-corrected chi connectivity index (χ4v) is 5.43. The summed E-state index contributed by atoms with van der Waals surface area (Å²) in [5.41, 5.74) is 2.39. The van der Waals surface area contributed by atoms with Crippen molar-refractivity contribution in [3.8, 4) is 0 Å². The number of carbonyl (C=O) groups is 1. The van der Waals surface area contributed by atoms with E-state index in [9.17, 15) is 13.2 Å². The average molecular weight is 353 g/mol. The van der Waals surface area contributed by atoms with Gasteiger partial charge in [-0.15, -0.1) is 0 Å². The number of aryl methyl sites for hydroxylation is 1. The van der Waals surface area contributed by atoms with Gasteiger partial charge < -0.3 is 5.32 Å². The third-order valence-electron chi connectivity index (χ3n) is 5.17. The Balaban J connectivity index is 1.96. The number of nitrogens with zero attached hydrogens (tertiary/aromatic N) is 1. The molecule has 24 heavy (non-hydrogen) atoms. The molecule has 0 bridgehead atoms. The standard InChI is InChI=1S/C16H23N3O4S/c1-12-2-4-13(5-3-12)24(22,23)19-11-16(6-8-17-9-7-16)10-14(19)15(20)18-21/h2-5,14,17,21H,6-11H2,1H3,(H,18,20). The molecule has 2 heterocycles. The summed E-state index contributed by atoms with van der Waals surface area (Å²) in [4.78, 5) is 12.3. The summed E-state index contributed by atoms with van der Waals surface area (Å²) >= 11 is 0. The van der Waals surface area contributed by atoms with Crippen LogP contribution in [-0.2, 0) is 14.8 Å². The summed E-state index contributed by atoms with van der Waals surface area (Å²) < 4.78 is 27.4. The highest BCUT2D eigenvalue weighted by Crippen LogP contribution is 2.44. The molecule has 132 valence electrons. The summed E-state index contributed by atoms with van der Waals surface area (Å²) in [7, 11) is -3.79. The van der Waals surface area contributed by atoms with Gasteiger partial charge in [0.15, 0.2) is 0 Å². The number of sulfonamides is 1. The molecule has 1 aromatic carbocycles. The number of hydroxylamine groups is 1. The lowest BCUT2D eigenvalue weighted by Crippen LogP contribution is -2.45. The van der Waals surface area contributed by atoms with Gasteiger partial charge in [0, 0.05) is 6.54 Å². The molecule has 2 aliphatic rings. The second-order valence-electron chi connectivity index (χ2n) is 6.81. The number of benzene rings is 1. The molecule has 3 rings (SSSR count). The quantitative estimate of drug-likeness (QED) is 0.547.